The number of aryl methyl sites for hydroxylation is 3. The van der Waals surface area contributed by atoms with Gasteiger partial charge in [0.05, 0.1) is 16.6 Å². The molecule has 5 nitrogen and oxygen atoms in total. The molecule has 0 saturated carbocycles. The summed E-state index contributed by atoms with van der Waals surface area (Å²) in [5, 5.41) is 8.01. The van der Waals surface area contributed by atoms with E-state index in [2.05, 4.69) is 15.4 Å². The van der Waals surface area contributed by atoms with Crippen LogP contribution in [0.15, 0.2) is 30.3 Å². The number of amides is 1. The predicted octanol–water partition coefficient (Wildman–Crippen LogP) is 2.70. The topological polar surface area (TPSA) is 59.8 Å². The van der Waals surface area contributed by atoms with Crippen molar-refractivity contribution >= 4 is 16.9 Å². The zero-order valence-corrected chi connectivity index (χ0v) is 13.9. The molecule has 1 N–H and O–H groups in total. The Hall–Kier alpha value is -2.76. The molecule has 0 radical (unpaired) electrons. The van der Waals surface area contributed by atoms with Gasteiger partial charge in [-0.3, -0.25) is 9.48 Å². The number of nitrogens with one attached hydrogen (secondary N) is 1. The minimum atomic E-state index is -0.267. The van der Waals surface area contributed by atoms with Crippen LogP contribution < -0.4 is 5.32 Å². The Kier molecular flexibility index (Phi) is 4.29. The molecule has 0 aliphatic carbocycles. The molecule has 0 aliphatic heterocycles. The fourth-order valence-corrected chi connectivity index (χ4v) is 2.86. The number of fused-ring (bicyclic) bond motifs is 1. The molecular formula is C18H19FN4O. The average Bonchev–Trinajstić information content (AvgIpc) is 2.81. The van der Waals surface area contributed by atoms with Crippen molar-refractivity contribution in [2.45, 2.75) is 20.3 Å². The maximum atomic E-state index is 13.2. The third-order valence-electron chi connectivity index (χ3n) is 3.93. The van der Waals surface area contributed by atoms with Gasteiger partial charge in [-0.1, -0.05) is 12.1 Å². The normalized spacial score (nSPS) is 11.0. The number of hydrogen-bond acceptors (Lipinski definition) is 3. The molecule has 0 unspecified atom stereocenters. The molecular weight excluding hydrogens is 307 g/mol. The monoisotopic (exact) mass is 326 g/mol. The van der Waals surface area contributed by atoms with Gasteiger partial charge in [-0.25, -0.2) is 9.37 Å². The molecule has 6 heteroatoms. The molecule has 0 fully saturated rings. The van der Waals surface area contributed by atoms with Gasteiger partial charge in [-0.15, -0.1) is 0 Å². The van der Waals surface area contributed by atoms with Crippen molar-refractivity contribution in [3.63, 3.8) is 0 Å². The molecule has 124 valence electrons. The van der Waals surface area contributed by atoms with E-state index in [9.17, 15) is 9.18 Å². The van der Waals surface area contributed by atoms with Crippen LogP contribution >= 0.6 is 0 Å². The van der Waals surface area contributed by atoms with E-state index >= 15 is 0 Å². The lowest BCUT2D eigenvalue weighted by Crippen LogP contribution is -2.26. The first-order chi connectivity index (χ1) is 11.5. The van der Waals surface area contributed by atoms with Crippen molar-refractivity contribution in [2.24, 2.45) is 7.05 Å². The average molecular weight is 326 g/mol. The Balaban J connectivity index is 1.79. The Morgan fingerprint density at radius 2 is 2.08 bits per heavy atom. The Morgan fingerprint density at radius 1 is 1.29 bits per heavy atom. The van der Waals surface area contributed by atoms with Crippen molar-refractivity contribution in [1.29, 1.82) is 0 Å². The lowest BCUT2D eigenvalue weighted by molar-refractivity contribution is 0.0955. The van der Waals surface area contributed by atoms with Crippen LogP contribution in [-0.2, 0) is 13.5 Å². The number of halogens is 1. The summed E-state index contributed by atoms with van der Waals surface area (Å²) in [6.07, 6.45) is 0.572. The standard InChI is InChI=1S/C18H19FN4O/c1-11-9-15(16-12(2)22-23(3)17(16)21-11)18(24)20-8-7-13-5-4-6-14(19)10-13/h4-6,9-10H,7-8H2,1-3H3,(H,20,24). The number of carbonyl (C=O) groups excluding carboxylic acids is 1. The van der Waals surface area contributed by atoms with Gasteiger partial charge in [0, 0.05) is 19.3 Å². The minimum absolute atomic E-state index is 0.169. The second-order valence-electron chi connectivity index (χ2n) is 5.85. The van der Waals surface area contributed by atoms with Crippen LogP contribution in [0.1, 0.15) is 27.3 Å². The number of aromatic nitrogens is 3. The summed E-state index contributed by atoms with van der Waals surface area (Å²) < 4.78 is 14.9. The summed E-state index contributed by atoms with van der Waals surface area (Å²) >= 11 is 0. The molecule has 1 aromatic carbocycles. The van der Waals surface area contributed by atoms with Gasteiger partial charge >= 0.3 is 0 Å². The van der Waals surface area contributed by atoms with Gasteiger partial charge in [0.2, 0.25) is 0 Å². The van der Waals surface area contributed by atoms with E-state index in [1.165, 1.54) is 12.1 Å². The molecule has 2 heterocycles. The van der Waals surface area contributed by atoms with Crippen molar-refractivity contribution < 1.29 is 9.18 Å². The van der Waals surface area contributed by atoms with Crippen molar-refractivity contribution in [2.75, 3.05) is 6.54 Å². The van der Waals surface area contributed by atoms with Crippen molar-refractivity contribution in [3.05, 3.63) is 58.7 Å². The van der Waals surface area contributed by atoms with Gasteiger partial charge < -0.3 is 5.32 Å². The first kappa shape index (κ1) is 16.1. The smallest absolute Gasteiger partial charge is 0.252 e. The first-order valence-electron chi connectivity index (χ1n) is 7.79. The van der Waals surface area contributed by atoms with E-state index in [1.54, 1.807) is 16.8 Å². The minimum Gasteiger partial charge on any atom is -0.352 e. The van der Waals surface area contributed by atoms with E-state index in [-0.39, 0.29) is 11.7 Å². The third kappa shape index (κ3) is 3.13. The Bertz CT molecular complexity index is 917. The molecule has 2 aromatic heterocycles. The largest absolute Gasteiger partial charge is 0.352 e. The fraction of sp³-hybridized carbons (Fsp3) is 0.278. The molecule has 0 saturated heterocycles. The van der Waals surface area contributed by atoms with Gasteiger partial charge in [0.1, 0.15) is 5.82 Å². The van der Waals surface area contributed by atoms with Crippen molar-refractivity contribution in [1.82, 2.24) is 20.1 Å². The number of rotatable bonds is 4. The number of hydrogen-bond donors (Lipinski definition) is 1. The lowest BCUT2D eigenvalue weighted by Gasteiger charge is -2.08. The number of pyridine rings is 1. The van der Waals surface area contributed by atoms with E-state index in [0.29, 0.717) is 24.2 Å². The summed E-state index contributed by atoms with van der Waals surface area (Å²) in [6.45, 7) is 4.15. The van der Waals surface area contributed by atoms with Crippen LogP contribution in [0.5, 0.6) is 0 Å². The molecule has 3 rings (SSSR count). The molecule has 0 bridgehead atoms. The number of benzene rings is 1. The van der Waals surface area contributed by atoms with Gasteiger partial charge in [0.25, 0.3) is 5.91 Å². The summed E-state index contributed by atoms with van der Waals surface area (Å²) in [5.74, 6) is -0.436. The van der Waals surface area contributed by atoms with E-state index in [1.807, 2.05) is 27.0 Å². The summed E-state index contributed by atoms with van der Waals surface area (Å²) in [7, 11) is 1.81. The Labute approximate surface area is 139 Å². The summed E-state index contributed by atoms with van der Waals surface area (Å²) in [5.41, 5.74) is 3.66. The van der Waals surface area contributed by atoms with Crippen LogP contribution in [0.4, 0.5) is 4.39 Å². The fourth-order valence-electron chi connectivity index (χ4n) is 2.86. The molecule has 3 aromatic rings. The van der Waals surface area contributed by atoms with E-state index in [4.69, 9.17) is 0 Å². The zero-order chi connectivity index (χ0) is 17.3. The van der Waals surface area contributed by atoms with Crippen LogP contribution in [-0.4, -0.2) is 27.2 Å². The SMILES string of the molecule is Cc1cc(C(=O)NCCc2cccc(F)c2)c2c(C)nn(C)c2n1. The highest BCUT2D eigenvalue weighted by Gasteiger charge is 2.17. The van der Waals surface area contributed by atoms with Crippen LogP contribution in [0, 0.1) is 19.7 Å². The van der Waals surface area contributed by atoms with Gasteiger partial charge in [0.15, 0.2) is 5.65 Å². The van der Waals surface area contributed by atoms with Crippen molar-refractivity contribution in [3.8, 4) is 0 Å². The molecule has 0 atom stereocenters. The molecule has 0 aliphatic rings. The van der Waals surface area contributed by atoms with Crippen LogP contribution in [0.3, 0.4) is 0 Å². The second kappa shape index (κ2) is 6.39. The lowest BCUT2D eigenvalue weighted by atomic mass is 10.1. The maximum absolute atomic E-state index is 13.2. The Morgan fingerprint density at radius 3 is 2.83 bits per heavy atom. The summed E-state index contributed by atoms with van der Waals surface area (Å²) in [6, 6.07) is 8.17. The van der Waals surface area contributed by atoms with E-state index < -0.39 is 0 Å². The maximum Gasteiger partial charge on any atom is 0.252 e. The molecule has 1 amide bonds. The van der Waals surface area contributed by atoms with Crippen LogP contribution in [0.25, 0.3) is 11.0 Å². The number of carbonyl (C=O) groups is 1. The first-order valence-corrected chi connectivity index (χ1v) is 7.79. The highest BCUT2D eigenvalue weighted by atomic mass is 19.1. The molecule has 24 heavy (non-hydrogen) atoms. The second-order valence-corrected chi connectivity index (χ2v) is 5.85. The summed E-state index contributed by atoms with van der Waals surface area (Å²) in [4.78, 5) is 17.0. The van der Waals surface area contributed by atoms with Crippen LogP contribution in [0.2, 0.25) is 0 Å². The highest BCUT2D eigenvalue weighted by molar-refractivity contribution is 6.06. The van der Waals surface area contributed by atoms with Gasteiger partial charge in [-0.05, 0) is 44.0 Å². The van der Waals surface area contributed by atoms with E-state index in [0.717, 1.165) is 22.3 Å². The zero-order valence-electron chi connectivity index (χ0n) is 13.9. The van der Waals surface area contributed by atoms with Gasteiger partial charge in [-0.2, -0.15) is 5.10 Å². The highest BCUT2D eigenvalue weighted by Crippen LogP contribution is 2.21. The molecule has 0 spiro atoms. The predicted molar refractivity (Wildman–Crippen MR) is 90.4 cm³/mol. The quantitative estimate of drug-likeness (QED) is 0.802. The third-order valence-corrected chi connectivity index (χ3v) is 3.93. The number of nitrogens with zero attached hydrogens (tertiary/aromatic N) is 3.